The van der Waals surface area contributed by atoms with Crippen LogP contribution < -0.4 is 9.13 Å². The zero-order valence-corrected chi connectivity index (χ0v) is 49.3. The van der Waals surface area contributed by atoms with Gasteiger partial charge in [0.05, 0.1) is 68.6 Å². The second-order valence-corrected chi connectivity index (χ2v) is 22.3. The molecule has 82 heavy (non-hydrogen) atoms. The van der Waals surface area contributed by atoms with Crippen molar-refractivity contribution in [3.8, 4) is 34.1 Å². The molecule has 6 heterocycles. The summed E-state index contributed by atoms with van der Waals surface area (Å²) >= 11 is 4.81. The molecule has 12 nitrogen and oxygen atoms in total. The highest BCUT2D eigenvalue weighted by atomic mass is 127. The third-order valence-electron chi connectivity index (χ3n) is 14.9. The van der Waals surface area contributed by atoms with E-state index in [1.807, 2.05) is 73.8 Å². The Balaban J connectivity index is 0.000000173. The maximum Gasteiger partial charge on any atom is 0.249 e. The molecule has 9 aromatic carbocycles. The fraction of sp³-hybridized carbons (Fsp3) is 0.118. The molecule has 0 aliphatic rings. The molecular weight excluding hydrogens is 1240 g/mol. The molecule has 0 saturated heterocycles. The summed E-state index contributed by atoms with van der Waals surface area (Å²) in [6, 6.07) is 76.0. The van der Waals surface area contributed by atoms with Gasteiger partial charge in [0.15, 0.2) is 22.1 Å². The standard InChI is InChI=1S/C44H36N8.C20H14N4.C4H8I2/c1-3-19-39-37(17-1)45-29-49(39)33-13-11-15-35(27-33)51-31-47(41-21-5-7-23-43(41)51)25-9-10-26-48-32-52(44-24-8-6-22-42(44)48)36-16-12-14-34(28-36)50-30-46-38-18-2-4-20-40(38)50;1-3-10-19-17(8-1)21-13-23(19)15-6-5-7-16(12-15)24-14-22-18-9-2-4-11-20(18)24;5-3-1-2-4-6/h1-8,11-24,27-32H,9-10,25-26H2;1-14H;1-4H2/q+2;;. The van der Waals surface area contributed by atoms with Crippen LogP contribution in [0.1, 0.15) is 25.7 Å². The van der Waals surface area contributed by atoms with Crippen LogP contribution in [-0.4, -0.2) is 56.2 Å². The monoisotopic (exact) mass is 1300 g/mol. The highest BCUT2D eigenvalue weighted by Gasteiger charge is 2.21. The van der Waals surface area contributed by atoms with Crippen molar-refractivity contribution in [3.05, 3.63) is 256 Å². The summed E-state index contributed by atoms with van der Waals surface area (Å²) in [5.41, 5.74) is 19.8. The summed E-state index contributed by atoms with van der Waals surface area (Å²) in [5.74, 6) is 0. The Labute approximate surface area is 502 Å². The molecule has 15 aromatic rings. The molecule has 0 aliphatic carbocycles. The number of para-hydroxylation sites is 12. The van der Waals surface area contributed by atoms with Crippen molar-refractivity contribution in [2.75, 3.05) is 8.86 Å². The number of imidazole rings is 6. The van der Waals surface area contributed by atoms with Crippen molar-refractivity contribution in [1.82, 2.24) is 47.3 Å². The third-order valence-corrected chi connectivity index (χ3v) is 16.5. The van der Waals surface area contributed by atoms with Crippen molar-refractivity contribution < 1.29 is 9.13 Å². The minimum atomic E-state index is 0.930. The molecule has 0 N–H and O–H groups in total. The molecule has 14 heteroatoms. The lowest BCUT2D eigenvalue weighted by Crippen LogP contribution is -2.35. The second-order valence-electron chi connectivity index (χ2n) is 20.1. The van der Waals surface area contributed by atoms with Crippen LogP contribution in [0.2, 0.25) is 0 Å². The average Bonchev–Trinajstić information content (AvgIpc) is 4.54. The lowest BCUT2D eigenvalue weighted by atomic mass is 10.2. The van der Waals surface area contributed by atoms with Gasteiger partial charge >= 0.3 is 0 Å². The summed E-state index contributed by atoms with van der Waals surface area (Å²) < 4.78 is 20.6. The first-order valence-electron chi connectivity index (χ1n) is 27.7. The van der Waals surface area contributed by atoms with Crippen LogP contribution in [0, 0.1) is 0 Å². The molecule has 0 amide bonds. The van der Waals surface area contributed by atoms with E-state index in [-0.39, 0.29) is 0 Å². The lowest BCUT2D eigenvalue weighted by molar-refractivity contribution is -0.683. The molecule has 0 bridgehead atoms. The first-order chi connectivity index (χ1) is 40.6. The smallest absolute Gasteiger partial charge is 0.249 e. The van der Waals surface area contributed by atoms with Crippen LogP contribution in [0.3, 0.4) is 0 Å². The van der Waals surface area contributed by atoms with E-state index in [9.17, 15) is 0 Å². The van der Waals surface area contributed by atoms with Crippen molar-refractivity contribution in [2.24, 2.45) is 0 Å². The maximum atomic E-state index is 4.62. The first-order valence-corrected chi connectivity index (χ1v) is 30.8. The van der Waals surface area contributed by atoms with Crippen LogP contribution in [-0.2, 0) is 13.1 Å². The fourth-order valence-corrected chi connectivity index (χ4v) is 12.0. The van der Waals surface area contributed by atoms with E-state index in [2.05, 4.69) is 284 Å². The number of hydrogen-bond acceptors (Lipinski definition) is 4. The number of fused-ring (bicyclic) bond motifs is 6. The number of unbranched alkanes of at least 4 members (excludes halogenated alkanes) is 2. The molecule has 15 rings (SSSR count). The topological polar surface area (TPSA) is 88.9 Å². The maximum absolute atomic E-state index is 4.62. The summed E-state index contributed by atoms with van der Waals surface area (Å²) in [6.45, 7) is 1.86. The Morgan fingerprint density at radius 2 is 0.549 bits per heavy atom. The number of halogens is 2. The van der Waals surface area contributed by atoms with Crippen LogP contribution in [0.4, 0.5) is 0 Å². The van der Waals surface area contributed by atoms with E-state index < -0.39 is 0 Å². The average molecular weight is 1300 g/mol. The highest BCUT2D eigenvalue weighted by Crippen LogP contribution is 2.27. The van der Waals surface area contributed by atoms with Crippen LogP contribution >= 0.6 is 45.2 Å². The van der Waals surface area contributed by atoms with Crippen molar-refractivity contribution in [3.63, 3.8) is 0 Å². The second kappa shape index (κ2) is 24.2. The zero-order valence-electron chi connectivity index (χ0n) is 45.0. The SMILES string of the molecule is ICCCCI.c1cc(-n2cnc3ccccc32)cc(-n2c[n+](CCCC[n+]3cn(-c4cccc(-n5cnc6ccccc65)c4)c4ccccc43)c3ccccc32)c1.c1cc(-n2cnc3ccccc32)cc(-n2cnc3ccccc32)c1. The molecule has 0 fully saturated rings. The molecule has 0 unspecified atom stereocenters. The third kappa shape index (κ3) is 10.7. The van der Waals surface area contributed by atoms with E-state index in [0.717, 1.165) is 104 Å². The van der Waals surface area contributed by atoms with Crippen molar-refractivity contribution in [1.29, 1.82) is 0 Å². The number of nitrogens with zero attached hydrogens (tertiary/aromatic N) is 12. The minimum absolute atomic E-state index is 0.930. The summed E-state index contributed by atoms with van der Waals surface area (Å²) in [7, 11) is 0. The number of benzene rings is 9. The van der Waals surface area contributed by atoms with Gasteiger partial charge in [0.1, 0.15) is 36.7 Å². The van der Waals surface area contributed by atoms with Crippen molar-refractivity contribution >= 4 is 111 Å². The predicted octanol–water partition coefficient (Wildman–Crippen LogP) is 15.3. The van der Waals surface area contributed by atoms with Gasteiger partial charge in [-0.05, 0) is 150 Å². The normalized spacial score (nSPS) is 11.4. The van der Waals surface area contributed by atoms with Gasteiger partial charge in [-0.25, -0.2) is 29.1 Å². The molecule has 0 aliphatic heterocycles. The van der Waals surface area contributed by atoms with Gasteiger partial charge in [-0.3, -0.25) is 18.3 Å². The van der Waals surface area contributed by atoms with E-state index in [0.29, 0.717) is 0 Å². The number of aryl methyl sites for hydroxylation is 2. The molecule has 6 aromatic heterocycles. The highest BCUT2D eigenvalue weighted by molar-refractivity contribution is 14.1. The van der Waals surface area contributed by atoms with E-state index in [1.165, 1.54) is 43.8 Å². The van der Waals surface area contributed by atoms with Gasteiger partial charge in [-0.1, -0.05) is 136 Å². The number of alkyl halides is 2. The van der Waals surface area contributed by atoms with E-state index >= 15 is 0 Å². The van der Waals surface area contributed by atoms with Gasteiger partial charge in [-0.15, -0.1) is 0 Å². The van der Waals surface area contributed by atoms with Crippen LogP contribution in [0.15, 0.2) is 256 Å². The largest absolute Gasteiger partial charge is 0.299 e. The summed E-state index contributed by atoms with van der Waals surface area (Å²) in [5, 5.41) is 0. The number of aromatic nitrogens is 12. The number of hydrogen-bond donors (Lipinski definition) is 0. The van der Waals surface area contributed by atoms with Gasteiger partial charge in [-0.2, -0.15) is 9.13 Å². The Morgan fingerprint density at radius 3 is 0.854 bits per heavy atom. The molecule has 402 valence electrons. The Morgan fingerprint density at radius 1 is 0.280 bits per heavy atom. The van der Waals surface area contributed by atoms with Gasteiger partial charge < -0.3 is 0 Å². The molecule has 0 atom stereocenters. The summed E-state index contributed by atoms with van der Waals surface area (Å²) in [4.78, 5) is 18.2. The Bertz CT molecular complexity index is 4380. The van der Waals surface area contributed by atoms with E-state index in [1.54, 1.807) is 0 Å². The van der Waals surface area contributed by atoms with E-state index in [4.69, 9.17) is 0 Å². The molecular formula is C68H58I2N12+2. The van der Waals surface area contributed by atoms with Gasteiger partial charge in [0.25, 0.3) is 0 Å². The lowest BCUT2D eigenvalue weighted by Gasteiger charge is -2.09. The van der Waals surface area contributed by atoms with Gasteiger partial charge in [0.2, 0.25) is 12.7 Å². The zero-order chi connectivity index (χ0) is 55.2. The fourth-order valence-electron chi connectivity index (χ4n) is 10.9. The first kappa shape index (κ1) is 52.6. The Kier molecular flexibility index (Phi) is 15.5. The van der Waals surface area contributed by atoms with Gasteiger partial charge in [0, 0.05) is 23.5 Å². The summed E-state index contributed by atoms with van der Waals surface area (Å²) in [6.07, 6.45) is 17.0. The minimum Gasteiger partial charge on any atom is -0.299 e. The van der Waals surface area contributed by atoms with Crippen LogP contribution in [0.5, 0.6) is 0 Å². The van der Waals surface area contributed by atoms with Crippen molar-refractivity contribution in [2.45, 2.75) is 38.8 Å². The number of rotatable bonds is 14. The molecule has 0 radical (unpaired) electrons. The Hall–Kier alpha value is -8.74. The molecule has 0 saturated carbocycles. The molecule has 0 spiro atoms. The predicted molar refractivity (Wildman–Crippen MR) is 348 cm³/mol. The quantitative estimate of drug-likeness (QED) is 0.0470. The van der Waals surface area contributed by atoms with Crippen LogP contribution in [0.25, 0.3) is 100 Å².